The van der Waals surface area contributed by atoms with E-state index in [0.717, 1.165) is 12.3 Å². The average Bonchev–Trinajstić information content (AvgIpc) is 3.21. The van der Waals surface area contributed by atoms with Gasteiger partial charge >= 0.3 is 18.4 Å². The zero-order chi connectivity index (χ0) is 28.4. The van der Waals surface area contributed by atoms with Crippen LogP contribution in [0.5, 0.6) is 0 Å². The summed E-state index contributed by atoms with van der Waals surface area (Å²) in [7, 11) is 0. The van der Waals surface area contributed by atoms with Crippen LogP contribution in [0.2, 0.25) is 0 Å². The SMILES string of the molecule is Nc1ncnn2cc(CC(=O)NCC(F)(F)F)c(-c3ccc(NC(=O)Nc4cc(C(F)(F)F)ccn4)cc3)c12. The van der Waals surface area contributed by atoms with Gasteiger partial charge in [0.1, 0.15) is 24.2 Å². The number of amides is 3. The van der Waals surface area contributed by atoms with Gasteiger partial charge in [-0.25, -0.2) is 19.3 Å². The number of carbonyl (C=O) groups excluding carboxylic acids is 2. The van der Waals surface area contributed by atoms with Gasteiger partial charge in [0.15, 0.2) is 5.82 Å². The van der Waals surface area contributed by atoms with E-state index in [4.69, 9.17) is 5.73 Å². The average molecular weight is 552 g/mol. The van der Waals surface area contributed by atoms with Gasteiger partial charge in [-0.2, -0.15) is 31.4 Å². The Kier molecular flexibility index (Phi) is 7.29. The van der Waals surface area contributed by atoms with E-state index >= 15 is 0 Å². The molecule has 4 rings (SSSR count). The van der Waals surface area contributed by atoms with E-state index in [-0.39, 0.29) is 17.3 Å². The van der Waals surface area contributed by atoms with Crippen molar-refractivity contribution in [1.29, 1.82) is 0 Å². The van der Waals surface area contributed by atoms with Crippen molar-refractivity contribution in [3.05, 3.63) is 66.2 Å². The maximum atomic E-state index is 12.9. The van der Waals surface area contributed by atoms with E-state index in [1.54, 1.807) is 0 Å². The number of fused-ring (bicyclic) bond motifs is 1. The molecule has 5 N–H and O–H groups in total. The fourth-order valence-electron chi connectivity index (χ4n) is 3.65. The summed E-state index contributed by atoms with van der Waals surface area (Å²) in [6.45, 7) is -1.49. The molecule has 0 fully saturated rings. The molecule has 1 aromatic carbocycles. The maximum absolute atomic E-state index is 12.9. The quantitative estimate of drug-likeness (QED) is 0.264. The number of nitrogens with zero attached hydrogens (tertiary/aromatic N) is 4. The molecule has 0 spiro atoms. The number of anilines is 3. The van der Waals surface area contributed by atoms with Gasteiger partial charge in [-0.3, -0.25) is 10.1 Å². The second-order valence-electron chi connectivity index (χ2n) is 8.12. The van der Waals surface area contributed by atoms with Crippen molar-refractivity contribution in [2.24, 2.45) is 0 Å². The number of nitrogens with one attached hydrogen (secondary N) is 3. The van der Waals surface area contributed by atoms with Gasteiger partial charge in [0.2, 0.25) is 5.91 Å². The zero-order valence-corrected chi connectivity index (χ0v) is 19.6. The summed E-state index contributed by atoms with van der Waals surface area (Å²) in [5.41, 5.74) is 6.75. The van der Waals surface area contributed by atoms with Crippen LogP contribution in [-0.2, 0) is 17.4 Å². The number of hydrogen-bond acceptors (Lipinski definition) is 6. The van der Waals surface area contributed by atoms with Gasteiger partial charge in [-0.15, -0.1) is 0 Å². The summed E-state index contributed by atoms with van der Waals surface area (Å²) >= 11 is 0. The van der Waals surface area contributed by atoms with E-state index in [0.29, 0.717) is 28.3 Å². The maximum Gasteiger partial charge on any atom is 0.416 e. The Bertz CT molecular complexity index is 1520. The van der Waals surface area contributed by atoms with Crippen LogP contribution in [0.1, 0.15) is 11.1 Å². The first-order chi connectivity index (χ1) is 18.3. The van der Waals surface area contributed by atoms with Gasteiger partial charge in [-0.1, -0.05) is 12.1 Å². The van der Waals surface area contributed by atoms with Crippen LogP contribution >= 0.6 is 0 Å². The lowest BCUT2D eigenvalue weighted by molar-refractivity contribution is -0.138. The molecule has 0 bridgehead atoms. The summed E-state index contributed by atoms with van der Waals surface area (Å²) < 4.78 is 77.4. The number of urea groups is 1. The molecule has 10 nitrogen and oxygen atoms in total. The summed E-state index contributed by atoms with van der Waals surface area (Å²) in [6.07, 6.45) is -6.08. The molecule has 0 aliphatic rings. The van der Waals surface area contributed by atoms with Crippen molar-refractivity contribution < 1.29 is 35.9 Å². The Labute approximate surface area is 215 Å². The lowest BCUT2D eigenvalue weighted by Crippen LogP contribution is -2.34. The molecule has 3 aromatic heterocycles. The number of benzene rings is 1. The molecule has 0 saturated carbocycles. The summed E-state index contributed by atoms with van der Waals surface area (Å²) in [4.78, 5) is 32.1. The molecule has 39 heavy (non-hydrogen) atoms. The van der Waals surface area contributed by atoms with Crippen molar-refractivity contribution in [3.63, 3.8) is 0 Å². The first kappa shape index (κ1) is 27.2. The van der Waals surface area contributed by atoms with Crippen LogP contribution in [0.3, 0.4) is 0 Å². The first-order valence-corrected chi connectivity index (χ1v) is 11.0. The molecule has 3 heterocycles. The molecular weight excluding hydrogens is 534 g/mol. The predicted octanol–water partition coefficient (Wildman–Crippen LogP) is 4.26. The number of halogens is 6. The molecule has 204 valence electrons. The second kappa shape index (κ2) is 10.5. The molecule has 4 aromatic rings. The fourth-order valence-corrected chi connectivity index (χ4v) is 3.65. The largest absolute Gasteiger partial charge is 0.416 e. The predicted molar refractivity (Wildman–Crippen MR) is 127 cm³/mol. The molecule has 3 amide bonds. The molecular formula is C23H18F6N8O2. The van der Waals surface area contributed by atoms with E-state index < -0.39 is 42.8 Å². The molecule has 0 radical (unpaired) electrons. The lowest BCUT2D eigenvalue weighted by Gasteiger charge is -2.11. The highest BCUT2D eigenvalue weighted by Crippen LogP contribution is 2.34. The van der Waals surface area contributed by atoms with Crippen molar-refractivity contribution >= 4 is 34.8 Å². The second-order valence-corrected chi connectivity index (χ2v) is 8.12. The summed E-state index contributed by atoms with van der Waals surface area (Å²) in [5, 5.41) is 10.5. The Morgan fingerprint density at radius 3 is 2.36 bits per heavy atom. The van der Waals surface area contributed by atoms with Crippen LogP contribution in [0.15, 0.2) is 55.1 Å². The highest BCUT2D eigenvalue weighted by Gasteiger charge is 2.31. The van der Waals surface area contributed by atoms with E-state index in [1.807, 2.05) is 5.32 Å². The minimum absolute atomic E-state index is 0.0529. The zero-order valence-electron chi connectivity index (χ0n) is 19.6. The standard InChI is InChI=1S/C23H18F6N8O2/c24-22(25,26)10-32-17(38)7-13-9-37-19(20(30)33-11-34-37)18(13)12-1-3-15(4-2-12)35-21(39)36-16-8-14(5-6-31-16)23(27,28)29/h1-6,8-9,11H,7,10H2,(H,32,38)(H2,30,33,34)(H2,31,35,36,39). The van der Waals surface area contributed by atoms with Gasteiger partial charge in [-0.05, 0) is 35.4 Å². The first-order valence-electron chi connectivity index (χ1n) is 11.0. The summed E-state index contributed by atoms with van der Waals surface area (Å²) in [5.74, 6) is -1.14. The number of nitrogens with two attached hydrogens (primary N) is 1. The number of pyridine rings is 1. The normalized spacial score (nSPS) is 11.8. The number of hydrogen-bond donors (Lipinski definition) is 4. The third kappa shape index (κ3) is 6.71. The molecule has 0 saturated heterocycles. The van der Waals surface area contributed by atoms with Crippen molar-refractivity contribution in [1.82, 2.24) is 24.9 Å². The van der Waals surface area contributed by atoms with Crippen LogP contribution < -0.4 is 21.7 Å². The Morgan fingerprint density at radius 2 is 1.69 bits per heavy atom. The third-order valence-electron chi connectivity index (χ3n) is 5.28. The number of alkyl halides is 6. The van der Waals surface area contributed by atoms with Gasteiger partial charge in [0.25, 0.3) is 0 Å². The molecule has 16 heteroatoms. The van der Waals surface area contributed by atoms with Crippen LogP contribution in [-0.4, -0.2) is 44.2 Å². The smallest absolute Gasteiger partial charge is 0.382 e. The van der Waals surface area contributed by atoms with Gasteiger partial charge in [0, 0.05) is 23.6 Å². The van der Waals surface area contributed by atoms with Crippen molar-refractivity contribution in [3.8, 4) is 11.1 Å². The Hall–Kier alpha value is -4.89. The monoisotopic (exact) mass is 552 g/mol. The molecule has 0 unspecified atom stereocenters. The number of rotatable bonds is 6. The van der Waals surface area contributed by atoms with Gasteiger partial charge in [0.05, 0.1) is 12.0 Å². The Balaban J connectivity index is 1.54. The van der Waals surface area contributed by atoms with Crippen LogP contribution in [0, 0.1) is 0 Å². The minimum Gasteiger partial charge on any atom is -0.382 e. The Morgan fingerprint density at radius 1 is 0.974 bits per heavy atom. The topological polar surface area (TPSA) is 139 Å². The van der Waals surface area contributed by atoms with E-state index in [2.05, 4.69) is 25.7 Å². The lowest BCUT2D eigenvalue weighted by atomic mass is 10.00. The molecule has 0 aliphatic heterocycles. The third-order valence-corrected chi connectivity index (χ3v) is 5.28. The van der Waals surface area contributed by atoms with E-state index in [9.17, 15) is 35.9 Å². The highest BCUT2D eigenvalue weighted by atomic mass is 19.4. The van der Waals surface area contributed by atoms with Crippen molar-refractivity contribution in [2.45, 2.75) is 18.8 Å². The fraction of sp³-hybridized carbons (Fsp3) is 0.174. The number of carbonyl (C=O) groups is 2. The highest BCUT2D eigenvalue weighted by molar-refractivity contribution is 5.99. The van der Waals surface area contributed by atoms with Crippen LogP contribution in [0.25, 0.3) is 16.6 Å². The molecule has 0 atom stereocenters. The van der Waals surface area contributed by atoms with E-state index in [1.165, 1.54) is 41.3 Å². The molecule has 0 aliphatic carbocycles. The number of nitrogen functional groups attached to an aromatic ring is 1. The number of aromatic nitrogens is 4. The van der Waals surface area contributed by atoms with Crippen molar-refractivity contribution in [2.75, 3.05) is 22.9 Å². The van der Waals surface area contributed by atoms with Crippen LogP contribution in [0.4, 0.5) is 48.5 Å². The summed E-state index contributed by atoms with van der Waals surface area (Å²) in [6, 6.07) is 6.59. The van der Waals surface area contributed by atoms with Gasteiger partial charge < -0.3 is 16.4 Å². The minimum atomic E-state index is -4.61.